The van der Waals surface area contributed by atoms with Crippen LogP contribution >= 0.6 is 15.9 Å². The van der Waals surface area contributed by atoms with Gasteiger partial charge in [-0.3, -0.25) is 14.2 Å². The number of hydrogen-bond donors (Lipinski definition) is 1. The maximum absolute atomic E-state index is 12.5. The van der Waals surface area contributed by atoms with Crippen molar-refractivity contribution in [3.05, 3.63) is 63.1 Å². The smallest absolute Gasteiger partial charge is 0.255 e. The van der Waals surface area contributed by atoms with Crippen LogP contribution in [0.3, 0.4) is 0 Å². The SMILES string of the molecule is Cc1nn(C)cc1NC(=O)c1cccc(Cn2nc(C)c(Br)c2C)c1. The van der Waals surface area contributed by atoms with Crippen LogP contribution in [-0.2, 0) is 13.6 Å². The van der Waals surface area contributed by atoms with Gasteiger partial charge in [0.15, 0.2) is 0 Å². The van der Waals surface area contributed by atoms with Crippen LogP contribution in [0, 0.1) is 20.8 Å². The highest BCUT2D eigenvalue weighted by Crippen LogP contribution is 2.21. The molecule has 0 spiro atoms. The third kappa shape index (κ3) is 3.66. The maximum Gasteiger partial charge on any atom is 0.255 e. The van der Waals surface area contributed by atoms with E-state index in [4.69, 9.17) is 0 Å². The number of aromatic nitrogens is 4. The Kier molecular flexibility index (Phi) is 4.76. The summed E-state index contributed by atoms with van der Waals surface area (Å²) in [6, 6.07) is 7.59. The van der Waals surface area contributed by atoms with Gasteiger partial charge in [0.05, 0.1) is 33.8 Å². The predicted molar refractivity (Wildman–Crippen MR) is 101 cm³/mol. The highest BCUT2D eigenvalue weighted by Gasteiger charge is 2.12. The van der Waals surface area contributed by atoms with Gasteiger partial charge in [0, 0.05) is 18.8 Å². The fourth-order valence-corrected chi connectivity index (χ4v) is 3.01. The molecule has 0 aliphatic carbocycles. The summed E-state index contributed by atoms with van der Waals surface area (Å²) in [5, 5.41) is 11.7. The molecule has 0 fully saturated rings. The average molecular weight is 402 g/mol. The van der Waals surface area contributed by atoms with Gasteiger partial charge in [-0.15, -0.1) is 0 Å². The van der Waals surface area contributed by atoms with E-state index in [0.717, 1.165) is 32.8 Å². The number of hydrogen-bond acceptors (Lipinski definition) is 3. The van der Waals surface area contributed by atoms with Crippen molar-refractivity contribution >= 4 is 27.5 Å². The number of nitrogens with one attached hydrogen (secondary N) is 1. The van der Waals surface area contributed by atoms with Crippen LogP contribution in [0.1, 0.15) is 33.0 Å². The molecule has 130 valence electrons. The van der Waals surface area contributed by atoms with E-state index in [9.17, 15) is 4.79 Å². The summed E-state index contributed by atoms with van der Waals surface area (Å²) in [7, 11) is 1.83. The fourth-order valence-electron chi connectivity index (χ4n) is 2.73. The number of carbonyl (C=O) groups is 1. The van der Waals surface area contributed by atoms with Crippen molar-refractivity contribution in [2.45, 2.75) is 27.3 Å². The van der Waals surface area contributed by atoms with Crippen molar-refractivity contribution in [2.24, 2.45) is 7.05 Å². The lowest BCUT2D eigenvalue weighted by Gasteiger charge is -2.08. The number of nitrogens with zero attached hydrogens (tertiary/aromatic N) is 4. The van der Waals surface area contributed by atoms with Crippen molar-refractivity contribution in [1.29, 1.82) is 0 Å². The van der Waals surface area contributed by atoms with Crippen LogP contribution < -0.4 is 5.32 Å². The molecule has 0 aliphatic rings. The summed E-state index contributed by atoms with van der Waals surface area (Å²) in [5.41, 5.74) is 5.17. The first-order valence-corrected chi connectivity index (χ1v) is 8.74. The van der Waals surface area contributed by atoms with Crippen molar-refractivity contribution in [3.8, 4) is 0 Å². The molecule has 2 heterocycles. The fraction of sp³-hybridized carbons (Fsp3) is 0.278. The van der Waals surface area contributed by atoms with Gasteiger partial charge in [-0.05, 0) is 54.4 Å². The minimum atomic E-state index is -0.146. The van der Waals surface area contributed by atoms with Gasteiger partial charge in [0.25, 0.3) is 5.91 Å². The Morgan fingerprint density at radius 3 is 2.56 bits per heavy atom. The largest absolute Gasteiger partial charge is 0.319 e. The first-order valence-electron chi connectivity index (χ1n) is 7.95. The predicted octanol–water partition coefficient (Wildman–Crippen LogP) is 3.60. The summed E-state index contributed by atoms with van der Waals surface area (Å²) < 4.78 is 4.64. The Labute approximate surface area is 155 Å². The Balaban J connectivity index is 1.80. The quantitative estimate of drug-likeness (QED) is 0.725. The standard InChI is InChI=1S/C18H20BrN5O/c1-11-16(10-23(4)21-11)20-18(25)15-7-5-6-14(8-15)9-24-13(3)17(19)12(2)22-24/h5-8,10H,9H2,1-4H3,(H,20,25). The van der Waals surface area contributed by atoms with Crippen molar-refractivity contribution in [3.63, 3.8) is 0 Å². The van der Waals surface area contributed by atoms with Gasteiger partial charge in [-0.25, -0.2) is 0 Å². The molecule has 0 atom stereocenters. The third-order valence-corrected chi connectivity index (χ3v) is 5.22. The molecule has 0 saturated carbocycles. The van der Waals surface area contributed by atoms with E-state index in [-0.39, 0.29) is 5.91 Å². The Bertz CT molecular complexity index is 941. The van der Waals surface area contributed by atoms with Gasteiger partial charge in [-0.1, -0.05) is 12.1 Å². The summed E-state index contributed by atoms with van der Waals surface area (Å²) >= 11 is 3.54. The molecule has 6 nitrogen and oxygen atoms in total. The maximum atomic E-state index is 12.5. The lowest BCUT2D eigenvalue weighted by atomic mass is 10.1. The number of halogens is 1. The molecule has 0 radical (unpaired) electrons. The van der Waals surface area contributed by atoms with E-state index in [1.54, 1.807) is 10.9 Å². The van der Waals surface area contributed by atoms with Crippen LogP contribution in [0.25, 0.3) is 0 Å². The molecule has 2 aromatic heterocycles. The highest BCUT2D eigenvalue weighted by molar-refractivity contribution is 9.10. The molecular weight excluding hydrogens is 382 g/mol. The first-order chi connectivity index (χ1) is 11.8. The first kappa shape index (κ1) is 17.4. The number of carbonyl (C=O) groups excluding carboxylic acids is 1. The van der Waals surface area contributed by atoms with Crippen LogP contribution in [-0.4, -0.2) is 25.5 Å². The number of aryl methyl sites for hydroxylation is 3. The van der Waals surface area contributed by atoms with Crippen LogP contribution in [0.2, 0.25) is 0 Å². The molecular formula is C18H20BrN5O. The van der Waals surface area contributed by atoms with Crippen LogP contribution in [0.4, 0.5) is 5.69 Å². The molecule has 0 unspecified atom stereocenters. The van der Waals surface area contributed by atoms with E-state index in [1.807, 2.05) is 56.8 Å². The molecule has 3 rings (SSSR count). The molecule has 0 aliphatic heterocycles. The van der Waals surface area contributed by atoms with Crippen molar-refractivity contribution < 1.29 is 4.79 Å². The van der Waals surface area contributed by atoms with Gasteiger partial charge in [-0.2, -0.15) is 10.2 Å². The molecule has 0 bridgehead atoms. The highest BCUT2D eigenvalue weighted by atomic mass is 79.9. The van der Waals surface area contributed by atoms with Gasteiger partial charge < -0.3 is 5.32 Å². The lowest BCUT2D eigenvalue weighted by Crippen LogP contribution is -2.13. The second-order valence-corrected chi connectivity index (χ2v) is 6.89. The minimum absolute atomic E-state index is 0.146. The molecule has 1 N–H and O–H groups in total. The Morgan fingerprint density at radius 1 is 1.20 bits per heavy atom. The zero-order valence-electron chi connectivity index (χ0n) is 14.7. The number of amides is 1. The number of rotatable bonds is 4. The van der Waals surface area contributed by atoms with E-state index in [2.05, 4.69) is 31.4 Å². The van der Waals surface area contributed by atoms with Crippen LogP contribution in [0.15, 0.2) is 34.9 Å². The third-order valence-electron chi connectivity index (χ3n) is 4.08. The Morgan fingerprint density at radius 2 is 1.96 bits per heavy atom. The van der Waals surface area contributed by atoms with E-state index in [1.165, 1.54) is 0 Å². The molecule has 1 aromatic carbocycles. The van der Waals surface area contributed by atoms with Crippen molar-refractivity contribution in [2.75, 3.05) is 5.32 Å². The van der Waals surface area contributed by atoms with E-state index >= 15 is 0 Å². The Hall–Kier alpha value is -2.41. The second kappa shape index (κ2) is 6.84. The molecule has 25 heavy (non-hydrogen) atoms. The van der Waals surface area contributed by atoms with Crippen LogP contribution in [0.5, 0.6) is 0 Å². The zero-order chi connectivity index (χ0) is 18.1. The summed E-state index contributed by atoms with van der Waals surface area (Å²) in [4.78, 5) is 12.5. The normalized spacial score (nSPS) is 10.9. The van der Waals surface area contributed by atoms with E-state index in [0.29, 0.717) is 12.1 Å². The average Bonchev–Trinajstić information content (AvgIpc) is 3.01. The van der Waals surface area contributed by atoms with Gasteiger partial charge >= 0.3 is 0 Å². The van der Waals surface area contributed by atoms with Gasteiger partial charge in [0.1, 0.15) is 0 Å². The van der Waals surface area contributed by atoms with E-state index < -0.39 is 0 Å². The molecule has 3 aromatic rings. The molecule has 0 saturated heterocycles. The molecule has 1 amide bonds. The second-order valence-electron chi connectivity index (χ2n) is 6.10. The summed E-state index contributed by atoms with van der Waals surface area (Å²) in [5.74, 6) is -0.146. The topological polar surface area (TPSA) is 64.7 Å². The minimum Gasteiger partial charge on any atom is -0.319 e. The number of benzene rings is 1. The summed E-state index contributed by atoms with van der Waals surface area (Å²) in [6.45, 7) is 6.47. The lowest BCUT2D eigenvalue weighted by molar-refractivity contribution is 0.102. The van der Waals surface area contributed by atoms with Crippen molar-refractivity contribution in [1.82, 2.24) is 19.6 Å². The monoisotopic (exact) mass is 401 g/mol. The molecule has 7 heteroatoms. The summed E-state index contributed by atoms with van der Waals surface area (Å²) in [6.07, 6.45) is 1.80. The number of anilines is 1. The van der Waals surface area contributed by atoms with Gasteiger partial charge in [0.2, 0.25) is 0 Å². The zero-order valence-corrected chi connectivity index (χ0v) is 16.3.